The number of carbonyl (C=O) groups is 1. The number of ether oxygens (including phenoxy) is 3. The van der Waals surface area contributed by atoms with E-state index in [1.54, 1.807) is 7.11 Å². The average Bonchev–Trinajstić information content (AvgIpc) is 2.26. The SMILES string of the molecule is COC(=O)C1CC(O)C(OC)C(OC)C1. The molecule has 0 spiro atoms. The first-order chi connectivity index (χ1) is 7.13. The van der Waals surface area contributed by atoms with Crippen LogP contribution in [0.15, 0.2) is 0 Å². The van der Waals surface area contributed by atoms with E-state index < -0.39 is 6.10 Å². The van der Waals surface area contributed by atoms with Gasteiger partial charge in [-0.2, -0.15) is 0 Å². The minimum absolute atomic E-state index is 0.261. The minimum atomic E-state index is -0.683. The Bertz CT molecular complexity index is 218. The van der Waals surface area contributed by atoms with E-state index in [1.807, 2.05) is 0 Å². The quantitative estimate of drug-likeness (QED) is 0.673. The van der Waals surface area contributed by atoms with Gasteiger partial charge in [-0.05, 0) is 12.8 Å². The fraction of sp³-hybridized carbons (Fsp3) is 0.900. The van der Waals surface area contributed by atoms with Gasteiger partial charge in [0, 0.05) is 14.2 Å². The summed E-state index contributed by atoms with van der Waals surface area (Å²) in [4.78, 5) is 11.3. The molecule has 0 aromatic carbocycles. The maximum absolute atomic E-state index is 11.3. The molecule has 1 saturated carbocycles. The summed E-state index contributed by atoms with van der Waals surface area (Å²) in [6.07, 6.45) is -0.416. The molecule has 0 aromatic rings. The number of aliphatic hydroxyl groups is 1. The molecule has 4 atom stereocenters. The van der Waals surface area contributed by atoms with E-state index in [0.29, 0.717) is 12.8 Å². The molecular formula is C10H18O5. The molecule has 1 rings (SSSR count). The largest absolute Gasteiger partial charge is 0.469 e. The third kappa shape index (κ3) is 2.68. The molecule has 4 unspecified atom stereocenters. The smallest absolute Gasteiger partial charge is 0.308 e. The van der Waals surface area contributed by atoms with Crippen LogP contribution in [0.3, 0.4) is 0 Å². The van der Waals surface area contributed by atoms with E-state index in [2.05, 4.69) is 4.74 Å². The number of aliphatic hydroxyl groups excluding tert-OH is 1. The Kier molecular flexibility index (Phi) is 4.50. The van der Waals surface area contributed by atoms with E-state index in [0.717, 1.165) is 0 Å². The zero-order valence-corrected chi connectivity index (χ0v) is 9.30. The van der Waals surface area contributed by atoms with Crippen LogP contribution in [0.2, 0.25) is 0 Å². The normalized spacial score (nSPS) is 36.3. The van der Waals surface area contributed by atoms with E-state index >= 15 is 0 Å². The van der Waals surface area contributed by atoms with Crippen LogP contribution < -0.4 is 0 Å². The number of carbonyl (C=O) groups excluding carboxylic acids is 1. The minimum Gasteiger partial charge on any atom is -0.469 e. The lowest BCUT2D eigenvalue weighted by atomic mass is 9.83. The van der Waals surface area contributed by atoms with Gasteiger partial charge in [0.2, 0.25) is 0 Å². The first kappa shape index (κ1) is 12.4. The molecule has 0 amide bonds. The number of methoxy groups -OCH3 is 3. The molecule has 0 saturated heterocycles. The van der Waals surface area contributed by atoms with Crippen LogP contribution in [0.25, 0.3) is 0 Å². The van der Waals surface area contributed by atoms with Gasteiger partial charge in [-0.25, -0.2) is 0 Å². The van der Waals surface area contributed by atoms with Gasteiger partial charge < -0.3 is 19.3 Å². The van der Waals surface area contributed by atoms with E-state index in [-0.39, 0.29) is 24.1 Å². The maximum Gasteiger partial charge on any atom is 0.308 e. The van der Waals surface area contributed by atoms with Crippen molar-refractivity contribution in [2.24, 2.45) is 5.92 Å². The van der Waals surface area contributed by atoms with Gasteiger partial charge in [0.1, 0.15) is 6.10 Å². The van der Waals surface area contributed by atoms with Gasteiger partial charge in [0.15, 0.2) is 0 Å². The van der Waals surface area contributed by atoms with Crippen molar-refractivity contribution in [3.8, 4) is 0 Å². The van der Waals surface area contributed by atoms with Crippen molar-refractivity contribution >= 4 is 5.97 Å². The molecule has 0 radical (unpaired) electrons. The van der Waals surface area contributed by atoms with Crippen molar-refractivity contribution in [3.05, 3.63) is 0 Å². The average molecular weight is 218 g/mol. The Morgan fingerprint density at radius 1 is 1.20 bits per heavy atom. The van der Waals surface area contributed by atoms with Gasteiger partial charge in [-0.1, -0.05) is 0 Å². The topological polar surface area (TPSA) is 65.0 Å². The highest BCUT2D eigenvalue weighted by molar-refractivity contribution is 5.72. The molecule has 5 heteroatoms. The van der Waals surface area contributed by atoms with Crippen LogP contribution in [0.1, 0.15) is 12.8 Å². The van der Waals surface area contributed by atoms with Gasteiger partial charge >= 0.3 is 5.97 Å². The molecule has 0 aromatic heterocycles. The Morgan fingerprint density at radius 3 is 2.33 bits per heavy atom. The van der Waals surface area contributed by atoms with E-state index in [1.165, 1.54) is 14.2 Å². The Labute approximate surface area is 89.3 Å². The predicted molar refractivity (Wildman–Crippen MR) is 52.3 cm³/mol. The number of hydrogen-bond donors (Lipinski definition) is 1. The summed E-state index contributed by atoms with van der Waals surface area (Å²) in [5.41, 5.74) is 0. The first-order valence-corrected chi connectivity index (χ1v) is 4.95. The van der Waals surface area contributed by atoms with Gasteiger partial charge in [-0.15, -0.1) is 0 Å². The molecule has 1 aliphatic carbocycles. The van der Waals surface area contributed by atoms with Crippen molar-refractivity contribution in [2.45, 2.75) is 31.2 Å². The summed E-state index contributed by atoms with van der Waals surface area (Å²) in [7, 11) is 4.42. The van der Waals surface area contributed by atoms with Crippen molar-refractivity contribution in [1.82, 2.24) is 0 Å². The predicted octanol–water partition coefficient (Wildman–Crippen LogP) is -0.0397. The highest BCUT2D eigenvalue weighted by Crippen LogP contribution is 2.29. The standard InChI is InChI=1S/C10H18O5/c1-13-8-5-6(10(12)15-3)4-7(11)9(8)14-2/h6-9,11H,4-5H2,1-3H3. The highest BCUT2D eigenvalue weighted by Gasteiger charge is 2.40. The monoisotopic (exact) mass is 218 g/mol. The third-order valence-corrected chi connectivity index (χ3v) is 2.90. The van der Waals surface area contributed by atoms with Crippen LogP contribution in [-0.2, 0) is 19.0 Å². The summed E-state index contributed by atoms with van der Waals surface area (Å²) < 4.78 is 15.0. The molecule has 0 aliphatic heterocycles. The number of hydrogen-bond acceptors (Lipinski definition) is 5. The van der Waals surface area contributed by atoms with Crippen LogP contribution in [0.4, 0.5) is 0 Å². The summed E-state index contributed by atoms with van der Waals surface area (Å²) in [5.74, 6) is -0.605. The fourth-order valence-electron chi connectivity index (χ4n) is 2.08. The lowest BCUT2D eigenvalue weighted by molar-refractivity contribution is -0.162. The second-order valence-electron chi connectivity index (χ2n) is 3.73. The molecule has 1 N–H and O–H groups in total. The number of rotatable bonds is 3. The zero-order valence-electron chi connectivity index (χ0n) is 9.30. The Morgan fingerprint density at radius 2 is 1.87 bits per heavy atom. The molecule has 88 valence electrons. The lowest BCUT2D eigenvalue weighted by Gasteiger charge is -2.36. The summed E-state index contributed by atoms with van der Waals surface area (Å²) >= 11 is 0. The molecule has 5 nitrogen and oxygen atoms in total. The molecule has 1 fully saturated rings. The van der Waals surface area contributed by atoms with Crippen LogP contribution in [0.5, 0.6) is 0 Å². The zero-order chi connectivity index (χ0) is 11.4. The van der Waals surface area contributed by atoms with Crippen molar-refractivity contribution in [2.75, 3.05) is 21.3 Å². The molecular weight excluding hydrogens is 200 g/mol. The summed E-state index contributed by atoms with van der Waals surface area (Å²) in [6.45, 7) is 0. The van der Waals surface area contributed by atoms with Crippen LogP contribution in [-0.4, -0.2) is 50.7 Å². The van der Waals surface area contributed by atoms with Gasteiger partial charge in [0.25, 0.3) is 0 Å². The molecule has 0 heterocycles. The molecule has 15 heavy (non-hydrogen) atoms. The van der Waals surface area contributed by atoms with Crippen molar-refractivity contribution in [3.63, 3.8) is 0 Å². The van der Waals surface area contributed by atoms with Crippen molar-refractivity contribution in [1.29, 1.82) is 0 Å². The van der Waals surface area contributed by atoms with Crippen LogP contribution >= 0.6 is 0 Å². The number of esters is 1. The molecule has 0 bridgehead atoms. The second-order valence-corrected chi connectivity index (χ2v) is 3.73. The van der Waals surface area contributed by atoms with Crippen LogP contribution in [0, 0.1) is 5.92 Å². The summed E-state index contributed by atoms with van der Waals surface area (Å²) in [5, 5.41) is 9.77. The molecule has 1 aliphatic rings. The summed E-state index contributed by atoms with van der Waals surface area (Å²) in [6, 6.07) is 0. The second kappa shape index (κ2) is 5.44. The Balaban J connectivity index is 2.66. The fourth-order valence-corrected chi connectivity index (χ4v) is 2.08. The van der Waals surface area contributed by atoms with Crippen molar-refractivity contribution < 1.29 is 24.1 Å². The van der Waals surface area contributed by atoms with Gasteiger partial charge in [0.05, 0.1) is 25.2 Å². The van der Waals surface area contributed by atoms with E-state index in [4.69, 9.17) is 9.47 Å². The van der Waals surface area contributed by atoms with Gasteiger partial charge in [-0.3, -0.25) is 4.79 Å². The highest BCUT2D eigenvalue weighted by atomic mass is 16.5. The first-order valence-electron chi connectivity index (χ1n) is 4.95. The van der Waals surface area contributed by atoms with E-state index in [9.17, 15) is 9.90 Å². The lowest BCUT2D eigenvalue weighted by Crippen LogP contribution is -2.48. The Hall–Kier alpha value is -0.650. The maximum atomic E-state index is 11.3. The third-order valence-electron chi connectivity index (χ3n) is 2.90.